The van der Waals surface area contributed by atoms with Crippen molar-refractivity contribution in [2.45, 2.75) is 45.8 Å². The first-order valence-corrected chi connectivity index (χ1v) is 11.3. The van der Waals surface area contributed by atoms with Crippen molar-refractivity contribution in [3.05, 3.63) is 64.7 Å². The second-order valence-electron chi connectivity index (χ2n) is 9.44. The van der Waals surface area contributed by atoms with Gasteiger partial charge in [-0.15, -0.1) is 0 Å². The lowest BCUT2D eigenvalue weighted by Gasteiger charge is -2.51. The minimum absolute atomic E-state index is 0.0448. The molecule has 32 heavy (non-hydrogen) atoms. The van der Waals surface area contributed by atoms with Crippen molar-refractivity contribution in [3.63, 3.8) is 0 Å². The summed E-state index contributed by atoms with van der Waals surface area (Å²) in [7, 11) is 0. The number of nitrogens with two attached hydrogens (primary N) is 1. The standard InChI is InChI=1S/C25H32ClN3O3/c1-16(17(2)28-22(30)18-6-5-7-21(27)14-18)23(31)29-13-12-25(32,24(3,4)15-29)19-8-10-20(26)11-9-19/h5-11,14,16-17,32H,12-13,15,27H2,1-4H3,(H,28,30)/t16-,17?,25+/m1/s1. The Kier molecular flexibility index (Phi) is 6.86. The number of carbonyl (C=O) groups excluding carboxylic acids is 2. The van der Waals surface area contributed by atoms with E-state index >= 15 is 0 Å². The first kappa shape index (κ1) is 24.1. The van der Waals surface area contributed by atoms with Crippen LogP contribution in [0, 0.1) is 11.3 Å². The number of anilines is 1. The van der Waals surface area contributed by atoms with Gasteiger partial charge < -0.3 is 21.1 Å². The first-order chi connectivity index (χ1) is 14.9. The maximum atomic E-state index is 13.2. The number of likely N-dealkylation sites (tertiary alicyclic amines) is 1. The van der Waals surface area contributed by atoms with Crippen LogP contribution in [0.2, 0.25) is 5.02 Å². The highest BCUT2D eigenvalue weighted by molar-refractivity contribution is 6.30. The minimum Gasteiger partial charge on any atom is -0.399 e. The monoisotopic (exact) mass is 457 g/mol. The molecule has 1 heterocycles. The van der Waals surface area contributed by atoms with Gasteiger partial charge >= 0.3 is 0 Å². The molecule has 2 aromatic rings. The third kappa shape index (κ3) is 4.76. The third-order valence-corrected chi connectivity index (χ3v) is 6.98. The molecule has 172 valence electrons. The van der Waals surface area contributed by atoms with Crippen LogP contribution in [0.5, 0.6) is 0 Å². The van der Waals surface area contributed by atoms with Gasteiger partial charge in [0.1, 0.15) is 0 Å². The van der Waals surface area contributed by atoms with Crippen LogP contribution in [0.25, 0.3) is 0 Å². The fourth-order valence-corrected chi connectivity index (χ4v) is 4.49. The van der Waals surface area contributed by atoms with Gasteiger partial charge in [0.15, 0.2) is 0 Å². The van der Waals surface area contributed by atoms with Crippen molar-refractivity contribution < 1.29 is 14.7 Å². The molecular weight excluding hydrogens is 426 g/mol. The Labute approximate surface area is 194 Å². The second-order valence-corrected chi connectivity index (χ2v) is 9.87. The fraction of sp³-hybridized carbons (Fsp3) is 0.440. The molecule has 2 amide bonds. The number of rotatable bonds is 5. The number of nitrogens with zero attached hydrogens (tertiary/aromatic N) is 1. The van der Waals surface area contributed by atoms with Gasteiger partial charge in [-0.3, -0.25) is 9.59 Å². The van der Waals surface area contributed by atoms with Gasteiger partial charge in [-0.25, -0.2) is 0 Å². The maximum Gasteiger partial charge on any atom is 0.251 e. The highest BCUT2D eigenvalue weighted by Gasteiger charge is 2.50. The van der Waals surface area contributed by atoms with Gasteiger partial charge in [0, 0.05) is 40.8 Å². The second kappa shape index (κ2) is 9.12. The number of amides is 2. The quantitative estimate of drug-likeness (QED) is 0.594. The number of benzene rings is 2. The molecule has 0 aromatic heterocycles. The van der Waals surface area contributed by atoms with E-state index in [0.29, 0.717) is 35.8 Å². The molecule has 0 radical (unpaired) electrons. The lowest BCUT2D eigenvalue weighted by atomic mass is 9.66. The summed E-state index contributed by atoms with van der Waals surface area (Å²) in [4.78, 5) is 27.6. The Bertz CT molecular complexity index is 992. The van der Waals surface area contributed by atoms with E-state index in [9.17, 15) is 14.7 Å². The van der Waals surface area contributed by atoms with Crippen LogP contribution in [0.3, 0.4) is 0 Å². The maximum absolute atomic E-state index is 13.2. The predicted octanol–water partition coefficient (Wildman–Crippen LogP) is 3.82. The van der Waals surface area contributed by atoms with Crippen LogP contribution >= 0.6 is 11.6 Å². The average molecular weight is 458 g/mol. The van der Waals surface area contributed by atoms with E-state index < -0.39 is 16.9 Å². The van der Waals surface area contributed by atoms with Gasteiger partial charge in [0.05, 0.1) is 11.5 Å². The van der Waals surface area contributed by atoms with Crippen LogP contribution in [0.1, 0.15) is 50.0 Å². The van der Waals surface area contributed by atoms with Crippen molar-refractivity contribution in [1.82, 2.24) is 10.2 Å². The van der Waals surface area contributed by atoms with Crippen LogP contribution in [-0.4, -0.2) is 41.0 Å². The molecule has 0 saturated carbocycles. The number of piperidine rings is 1. The Morgan fingerprint density at radius 2 is 1.81 bits per heavy atom. The lowest BCUT2D eigenvalue weighted by Crippen LogP contribution is -2.58. The van der Waals surface area contributed by atoms with E-state index in [0.717, 1.165) is 5.56 Å². The number of hydrogen-bond acceptors (Lipinski definition) is 4. The molecule has 0 bridgehead atoms. The largest absolute Gasteiger partial charge is 0.399 e. The van der Waals surface area contributed by atoms with Gasteiger partial charge in [-0.2, -0.15) is 0 Å². The summed E-state index contributed by atoms with van der Waals surface area (Å²) in [5.74, 6) is -0.727. The zero-order valence-corrected chi connectivity index (χ0v) is 19.8. The lowest BCUT2D eigenvalue weighted by molar-refractivity contribution is -0.156. The Hall–Kier alpha value is -2.57. The molecule has 1 saturated heterocycles. The Morgan fingerprint density at radius 3 is 2.41 bits per heavy atom. The summed E-state index contributed by atoms with van der Waals surface area (Å²) in [6, 6.07) is 13.6. The van der Waals surface area contributed by atoms with Crippen molar-refractivity contribution in [2.24, 2.45) is 11.3 Å². The van der Waals surface area contributed by atoms with E-state index in [1.807, 2.05) is 39.8 Å². The first-order valence-electron chi connectivity index (χ1n) is 10.9. The van der Waals surface area contributed by atoms with Crippen LogP contribution < -0.4 is 11.1 Å². The van der Waals surface area contributed by atoms with Crippen LogP contribution in [0.4, 0.5) is 5.69 Å². The summed E-state index contributed by atoms with van der Waals surface area (Å²) in [6.07, 6.45) is 0.421. The topological polar surface area (TPSA) is 95.7 Å². The zero-order valence-electron chi connectivity index (χ0n) is 19.1. The number of hydrogen-bond donors (Lipinski definition) is 3. The normalized spacial score (nSPS) is 22.1. The van der Waals surface area contributed by atoms with Crippen LogP contribution in [0.15, 0.2) is 48.5 Å². The molecule has 7 heteroatoms. The Balaban J connectivity index is 1.67. The van der Waals surface area contributed by atoms with E-state index in [2.05, 4.69) is 5.32 Å². The summed E-state index contributed by atoms with van der Waals surface area (Å²) in [6.45, 7) is 8.42. The van der Waals surface area contributed by atoms with Gasteiger partial charge in [0.2, 0.25) is 5.91 Å². The van der Waals surface area contributed by atoms with Crippen molar-refractivity contribution >= 4 is 29.1 Å². The Morgan fingerprint density at radius 1 is 1.16 bits per heavy atom. The summed E-state index contributed by atoms with van der Waals surface area (Å²) in [5, 5.41) is 15.1. The molecule has 1 unspecified atom stereocenters. The van der Waals surface area contributed by atoms with E-state index in [1.54, 1.807) is 41.3 Å². The van der Waals surface area contributed by atoms with Crippen molar-refractivity contribution in [1.29, 1.82) is 0 Å². The summed E-state index contributed by atoms with van der Waals surface area (Å²) >= 11 is 6.01. The number of carbonyl (C=O) groups is 2. The highest BCUT2D eigenvalue weighted by Crippen LogP contribution is 2.46. The number of nitrogen functional groups attached to an aromatic ring is 1. The average Bonchev–Trinajstić information content (AvgIpc) is 2.74. The van der Waals surface area contributed by atoms with Crippen molar-refractivity contribution in [3.8, 4) is 0 Å². The molecule has 1 aliphatic rings. The SMILES string of the molecule is CC(NC(=O)c1cccc(N)c1)[C@@H](C)C(=O)N1CC[C@](O)(c2ccc(Cl)cc2)C(C)(C)C1. The summed E-state index contributed by atoms with van der Waals surface area (Å²) in [5.41, 5.74) is 5.90. The zero-order chi connectivity index (χ0) is 23.7. The van der Waals surface area contributed by atoms with Gasteiger partial charge in [-0.05, 0) is 49.2 Å². The van der Waals surface area contributed by atoms with Gasteiger partial charge in [-0.1, -0.05) is 50.6 Å². The van der Waals surface area contributed by atoms with Gasteiger partial charge in [0.25, 0.3) is 5.91 Å². The summed E-state index contributed by atoms with van der Waals surface area (Å²) < 4.78 is 0. The molecule has 6 nitrogen and oxygen atoms in total. The van der Waals surface area contributed by atoms with Crippen molar-refractivity contribution in [2.75, 3.05) is 18.8 Å². The molecule has 0 spiro atoms. The number of aliphatic hydroxyl groups is 1. The molecule has 3 rings (SSSR count). The molecule has 3 atom stereocenters. The smallest absolute Gasteiger partial charge is 0.251 e. The van der Waals surface area contributed by atoms with E-state index in [-0.39, 0.29) is 17.9 Å². The highest BCUT2D eigenvalue weighted by atomic mass is 35.5. The van der Waals surface area contributed by atoms with Crippen LogP contribution in [-0.2, 0) is 10.4 Å². The molecule has 1 aliphatic heterocycles. The molecule has 1 fully saturated rings. The molecule has 0 aliphatic carbocycles. The number of nitrogens with one attached hydrogen (secondary N) is 1. The fourth-order valence-electron chi connectivity index (χ4n) is 4.37. The molecule has 4 N–H and O–H groups in total. The number of halogens is 1. The minimum atomic E-state index is -1.06. The molecular formula is C25H32ClN3O3. The van der Waals surface area contributed by atoms with E-state index in [1.165, 1.54) is 0 Å². The third-order valence-electron chi connectivity index (χ3n) is 6.73. The van der Waals surface area contributed by atoms with E-state index in [4.69, 9.17) is 17.3 Å². The predicted molar refractivity (Wildman–Crippen MR) is 127 cm³/mol. The molecule has 2 aromatic carbocycles.